The maximum Gasteiger partial charge on any atom is 0.496 e. The Kier molecular flexibility index (Phi) is 14.7. The minimum atomic E-state index is -5.08. The Morgan fingerprint density at radius 3 is 2.02 bits per heavy atom. The number of aliphatic carboxylic acids is 1. The highest BCUT2D eigenvalue weighted by atomic mass is 32.2. The molecule has 1 unspecified atom stereocenters. The zero-order valence-electron chi connectivity index (χ0n) is 30.2. The number of alkyl halides is 6. The average molecular weight is 823 g/mol. The van der Waals surface area contributed by atoms with Gasteiger partial charge in [0.05, 0.1) is 27.8 Å². The van der Waals surface area contributed by atoms with E-state index in [0.29, 0.717) is 53.2 Å². The molecule has 3 aromatic rings. The molecular weight excluding hydrogens is 782 g/mol. The topological polar surface area (TPSA) is 195 Å². The molecule has 0 radical (unpaired) electrons. The normalized spacial score (nSPS) is 17.4. The lowest BCUT2D eigenvalue weighted by Gasteiger charge is -2.38. The molecule has 14 nitrogen and oxygen atoms in total. The number of anilines is 1. The number of piperidine rings is 1. The molecule has 0 aliphatic carbocycles. The molecule has 3 amide bonds. The van der Waals surface area contributed by atoms with Gasteiger partial charge in [-0.15, -0.1) is 0 Å². The number of hydrogen-bond donors (Lipinski definition) is 4. The van der Waals surface area contributed by atoms with Crippen LogP contribution < -0.4 is 24.7 Å². The predicted molar refractivity (Wildman–Crippen MR) is 188 cm³/mol. The Balaban J connectivity index is 0.00000109. The lowest BCUT2D eigenvalue weighted by Crippen LogP contribution is -2.56. The van der Waals surface area contributed by atoms with Gasteiger partial charge in [-0.25, -0.2) is 10.1 Å². The number of carboxylic acids is 1. The third kappa shape index (κ3) is 13.6. The van der Waals surface area contributed by atoms with Crippen molar-refractivity contribution in [2.45, 2.75) is 44.2 Å². The summed E-state index contributed by atoms with van der Waals surface area (Å²) in [4.78, 5) is 36.0. The van der Waals surface area contributed by atoms with Crippen LogP contribution in [0.2, 0.25) is 0 Å². The van der Waals surface area contributed by atoms with Gasteiger partial charge in [0.25, 0.3) is 5.91 Å². The van der Waals surface area contributed by atoms with Crippen molar-refractivity contribution >= 4 is 39.4 Å². The number of hydrogen-bond acceptors (Lipinski definition) is 9. The standard InChI is InChI=1S/C33H37F3N4O8S.C2HF3O2/c1-40(19-23-8-15-29(46-2)30(18-23)47-3)16-4-5-25(20-40)39(28(31(37)42)17-22-6-11-26(41)12-7-22)32(43)38-24-9-13-27(14-10-24)48-49(44,45)21-33(34,35)36;3-2(4,5)1(6)7/h6-15,18,28H,4-5,16-17,19-21H2,1-3H3,(H2-2,37,38,41,42,43);(H,6,7)/p+2/b39-25+;/t28-,40?;/m0./s1. The van der Waals surface area contributed by atoms with E-state index in [1.54, 1.807) is 26.4 Å². The number of quaternary nitrogens is 1. The molecule has 1 aliphatic heterocycles. The van der Waals surface area contributed by atoms with E-state index < -0.39 is 52.2 Å². The SMILES string of the molecule is COc1ccc(C[N+]2(C)CCC/C(=[N+](\C(=O)Nc3ccc(OS(=O)(=O)CC(F)(F)F)cc3)[C@@H](Cc3ccc(O)cc3)C(N)=O)C2)cc1OC.O=C(O)C(F)(F)F. The molecule has 1 heterocycles. The summed E-state index contributed by atoms with van der Waals surface area (Å²) in [5, 5.41) is 19.6. The first-order valence-electron chi connectivity index (χ1n) is 16.4. The molecule has 4 rings (SSSR count). The number of amides is 3. The van der Waals surface area contributed by atoms with Crippen LogP contribution >= 0.6 is 0 Å². The lowest BCUT2D eigenvalue weighted by atomic mass is 10.0. The van der Waals surface area contributed by atoms with Crippen molar-refractivity contribution in [3.63, 3.8) is 0 Å². The van der Waals surface area contributed by atoms with Gasteiger partial charge in [0, 0.05) is 24.8 Å². The second kappa shape index (κ2) is 18.4. The van der Waals surface area contributed by atoms with Crippen molar-refractivity contribution in [2.24, 2.45) is 5.73 Å². The molecule has 1 fully saturated rings. The van der Waals surface area contributed by atoms with Gasteiger partial charge < -0.3 is 34.1 Å². The van der Waals surface area contributed by atoms with Crippen molar-refractivity contribution in [3.05, 3.63) is 77.9 Å². The maximum absolute atomic E-state index is 14.1. The summed E-state index contributed by atoms with van der Waals surface area (Å²) in [6.45, 7) is 1.72. The number of nitrogens with one attached hydrogen (secondary N) is 1. The summed E-state index contributed by atoms with van der Waals surface area (Å²) >= 11 is 0. The molecule has 1 saturated heterocycles. The first-order valence-corrected chi connectivity index (χ1v) is 18.0. The summed E-state index contributed by atoms with van der Waals surface area (Å²) in [6.07, 6.45) is -8.86. The number of likely N-dealkylation sites (tertiary alicyclic amines) is 1. The predicted octanol–water partition coefficient (Wildman–Crippen LogP) is 4.84. The Labute approximate surface area is 317 Å². The number of carboxylic acid groups (broad SMARTS) is 1. The minimum Gasteiger partial charge on any atom is -0.508 e. The number of aromatic hydroxyl groups is 1. The van der Waals surface area contributed by atoms with Crippen molar-refractivity contribution in [2.75, 3.05) is 45.4 Å². The maximum atomic E-state index is 14.1. The Bertz CT molecular complexity index is 2010. The van der Waals surface area contributed by atoms with Crippen LogP contribution in [0.4, 0.5) is 36.8 Å². The van der Waals surface area contributed by atoms with Crippen molar-refractivity contribution < 1.29 is 82.1 Å². The third-order valence-electron chi connectivity index (χ3n) is 8.22. The summed E-state index contributed by atoms with van der Waals surface area (Å²) in [7, 11) is 0.184. The van der Waals surface area contributed by atoms with Gasteiger partial charge in [0.15, 0.2) is 23.3 Å². The second-order valence-corrected chi connectivity index (χ2v) is 14.4. The second-order valence-electron chi connectivity index (χ2n) is 12.8. The molecule has 0 aromatic heterocycles. The van der Waals surface area contributed by atoms with E-state index >= 15 is 0 Å². The number of nitrogens with zero attached hydrogens (tertiary/aromatic N) is 2. The van der Waals surface area contributed by atoms with Crippen LogP contribution in [-0.4, -0.2) is 110 Å². The molecule has 1 aliphatic rings. The molecule has 0 spiro atoms. The van der Waals surface area contributed by atoms with Crippen LogP contribution in [0.1, 0.15) is 24.0 Å². The van der Waals surface area contributed by atoms with Crippen LogP contribution in [0.5, 0.6) is 23.0 Å². The average Bonchev–Trinajstić information content (AvgIpc) is 3.08. The van der Waals surface area contributed by atoms with Gasteiger partial charge in [0.2, 0.25) is 0 Å². The summed E-state index contributed by atoms with van der Waals surface area (Å²) in [6, 6.07) is 14.7. The van der Waals surface area contributed by atoms with Crippen molar-refractivity contribution in [1.82, 2.24) is 0 Å². The zero-order valence-corrected chi connectivity index (χ0v) is 31.0. The quantitative estimate of drug-likeness (QED) is 0.0851. The van der Waals surface area contributed by atoms with Gasteiger partial charge in [-0.05, 0) is 60.2 Å². The number of phenolic OH excluding ortho intramolecular Hbond substituents is 1. The minimum absolute atomic E-state index is 0.0255. The van der Waals surface area contributed by atoms with Gasteiger partial charge in [-0.2, -0.15) is 44.1 Å². The lowest BCUT2D eigenvalue weighted by molar-refractivity contribution is -0.918. The molecule has 3 aromatic carbocycles. The summed E-state index contributed by atoms with van der Waals surface area (Å²) in [5.41, 5.74) is 8.32. The highest BCUT2D eigenvalue weighted by molar-refractivity contribution is 7.87. The smallest absolute Gasteiger partial charge is 0.496 e. The van der Waals surface area contributed by atoms with E-state index in [4.69, 9.17) is 25.1 Å². The van der Waals surface area contributed by atoms with Gasteiger partial charge in [-0.1, -0.05) is 12.1 Å². The number of carbonyl (C=O) groups excluding carboxylic acids is 2. The fraction of sp³-hybridized carbons (Fsp3) is 0.371. The number of phenols is 1. The number of primary amides is 1. The first kappa shape index (κ1) is 44.8. The van der Waals surface area contributed by atoms with E-state index in [1.165, 1.54) is 28.8 Å². The number of urea groups is 1. The van der Waals surface area contributed by atoms with Gasteiger partial charge >= 0.3 is 34.5 Å². The number of halogens is 6. The van der Waals surface area contributed by atoms with Gasteiger partial charge in [0.1, 0.15) is 36.0 Å². The fourth-order valence-corrected chi connectivity index (χ4v) is 6.71. The number of rotatable bonds is 12. The third-order valence-corrected chi connectivity index (χ3v) is 9.34. The molecule has 5 N–H and O–H groups in total. The van der Waals surface area contributed by atoms with Crippen LogP contribution in [0.3, 0.4) is 0 Å². The zero-order chi connectivity index (χ0) is 42.1. The van der Waals surface area contributed by atoms with E-state index in [9.17, 15) is 49.5 Å². The summed E-state index contributed by atoms with van der Waals surface area (Å²) < 4.78 is 110. The Morgan fingerprint density at radius 1 is 0.929 bits per heavy atom. The van der Waals surface area contributed by atoms with E-state index in [2.05, 4.69) is 9.50 Å². The van der Waals surface area contributed by atoms with Crippen molar-refractivity contribution in [3.8, 4) is 23.0 Å². The van der Waals surface area contributed by atoms with Crippen LogP contribution in [0.25, 0.3) is 0 Å². The number of methoxy groups -OCH3 is 2. The molecule has 0 saturated carbocycles. The van der Waals surface area contributed by atoms with Crippen LogP contribution in [-0.2, 0) is 32.7 Å². The highest BCUT2D eigenvalue weighted by Gasteiger charge is 2.40. The highest BCUT2D eigenvalue weighted by Crippen LogP contribution is 2.30. The number of carbonyl (C=O) groups is 3. The molecule has 56 heavy (non-hydrogen) atoms. The largest absolute Gasteiger partial charge is 0.508 e. The van der Waals surface area contributed by atoms with Crippen molar-refractivity contribution in [1.29, 1.82) is 0 Å². The molecular formula is C35H40F6N4O10S+2. The van der Waals surface area contributed by atoms with Crippen LogP contribution in [0.15, 0.2) is 66.7 Å². The van der Waals surface area contributed by atoms with E-state index in [1.807, 2.05) is 25.2 Å². The van der Waals surface area contributed by atoms with E-state index in [0.717, 1.165) is 24.2 Å². The molecule has 2 atom stereocenters. The Morgan fingerprint density at radius 2 is 1.50 bits per heavy atom. The van der Waals surface area contributed by atoms with Gasteiger partial charge in [-0.3, -0.25) is 4.79 Å². The number of nitrogens with two attached hydrogens (primary N) is 1. The Hall–Kier alpha value is -5.57. The fourth-order valence-electron chi connectivity index (χ4n) is 5.85. The molecule has 21 heteroatoms. The summed E-state index contributed by atoms with van der Waals surface area (Å²) in [5.74, 6) is -4.88. The van der Waals surface area contributed by atoms with Crippen LogP contribution in [0, 0.1) is 0 Å². The molecule has 0 bridgehead atoms. The molecule has 306 valence electrons. The monoisotopic (exact) mass is 822 g/mol. The van der Waals surface area contributed by atoms with E-state index in [-0.39, 0.29) is 23.6 Å². The number of ether oxygens (including phenoxy) is 2. The first-order chi connectivity index (χ1) is 25.9. The number of benzene rings is 3.